The molecule has 1 rings (SSSR count). The maximum atomic E-state index is 7.32. The van der Waals surface area contributed by atoms with Gasteiger partial charge < -0.3 is 0 Å². The smallest absolute Gasteiger partial charge is 0.0587 e. The Morgan fingerprint density at radius 2 is 2.12 bits per heavy atom. The lowest BCUT2D eigenvalue weighted by atomic mass is 10.5. The minimum Gasteiger partial charge on any atom is -0.199 e. The second kappa shape index (κ2) is 4.73. The van der Waals surface area contributed by atoms with E-state index in [1.807, 2.05) is 5.37 Å². The van der Waals surface area contributed by atoms with E-state index in [1.54, 1.807) is 6.07 Å². The Hall–Kier alpha value is -0.420. The molecule has 1 aliphatic carbocycles. The predicted octanol–water partition coefficient (Wildman–Crippen LogP) is 1.93. The molecule has 2 heteroatoms. The van der Waals surface area contributed by atoms with Crippen molar-refractivity contribution in [1.29, 1.82) is 5.26 Å². The number of hydrogen-bond donors (Lipinski definition) is 0. The van der Waals surface area contributed by atoms with Crippen molar-refractivity contribution in [2.45, 2.75) is 19.8 Å². The fraction of sp³-hybridized carbons (Fsp3) is 0.667. The van der Waals surface area contributed by atoms with Crippen LogP contribution < -0.4 is 0 Å². The molecule has 1 fully saturated rings. The summed E-state index contributed by atoms with van der Waals surface area (Å²) in [4.78, 5) is 0. The summed E-state index contributed by atoms with van der Waals surface area (Å²) in [5, 5.41) is 9.18. The first-order valence-electron chi connectivity index (χ1n) is 2.61. The Kier molecular flexibility index (Phi) is 4.48. The lowest BCUT2D eigenvalue weighted by Crippen LogP contribution is -1.62. The molecule has 0 spiro atoms. The van der Waals surface area contributed by atoms with Gasteiger partial charge in [-0.25, -0.2) is 0 Å². The summed E-state index contributed by atoms with van der Waals surface area (Å²) in [6.45, 7) is 1.43. The zero-order valence-electron chi connectivity index (χ0n) is 4.92. The fourth-order valence-corrected chi connectivity index (χ4v) is 0.504. The highest BCUT2D eigenvalue weighted by Gasteiger charge is 2.16. The van der Waals surface area contributed by atoms with Gasteiger partial charge in [-0.1, -0.05) is 12.2 Å². The summed E-state index contributed by atoms with van der Waals surface area (Å²) < 4.78 is 0. The molecule has 44 valence electrons. The zero-order chi connectivity index (χ0) is 6.41. The maximum Gasteiger partial charge on any atom is 0.0587 e. The van der Waals surface area contributed by atoms with Crippen molar-refractivity contribution >= 4 is 17.6 Å². The van der Waals surface area contributed by atoms with Gasteiger partial charge >= 0.3 is 0 Å². The number of rotatable bonds is 1. The topological polar surface area (TPSA) is 23.8 Å². The van der Waals surface area contributed by atoms with E-state index in [-0.39, 0.29) is 0 Å². The highest BCUT2D eigenvalue weighted by atomic mass is 32.1. The molecular formula is C6H9NS. The largest absolute Gasteiger partial charge is 0.199 e. The molecule has 0 amide bonds. The normalized spacial score (nSPS) is 15.0. The lowest BCUT2D eigenvalue weighted by molar-refractivity contribution is 1.27. The Balaban J connectivity index is 0.000000145. The molecule has 1 nitrogen and oxygen atoms in total. The van der Waals surface area contributed by atoms with Crippen LogP contribution in [0.4, 0.5) is 0 Å². The van der Waals surface area contributed by atoms with E-state index in [4.69, 9.17) is 5.26 Å². The summed E-state index contributed by atoms with van der Waals surface area (Å²) in [5.41, 5.74) is 0. The second-order valence-electron chi connectivity index (χ2n) is 1.70. The molecule has 1 saturated carbocycles. The van der Waals surface area contributed by atoms with Crippen LogP contribution in [0, 0.1) is 17.2 Å². The Morgan fingerprint density at radius 3 is 2.12 bits per heavy atom. The molecule has 0 radical (unpaired) electrons. The summed E-state index contributed by atoms with van der Waals surface area (Å²) >= 11 is 4.61. The van der Waals surface area contributed by atoms with E-state index in [0.717, 1.165) is 5.92 Å². The molecule has 0 atom stereocenters. The van der Waals surface area contributed by atoms with Gasteiger partial charge in [-0.15, -0.1) is 0 Å². The Bertz CT molecular complexity index is 99.6. The van der Waals surface area contributed by atoms with Gasteiger partial charge in [0.05, 0.1) is 6.07 Å². The van der Waals surface area contributed by atoms with Gasteiger partial charge in [0, 0.05) is 6.92 Å². The van der Waals surface area contributed by atoms with Crippen LogP contribution in [-0.2, 0) is 0 Å². The van der Waals surface area contributed by atoms with Crippen LogP contribution in [0.1, 0.15) is 19.8 Å². The summed E-state index contributed by atoms with van der Waals surface area (Å²) in [7, 11) is 0. The van der Waals surface area contributed by atoms with Crippen molar-refractivity contribution in [3.05, 3.63) is 0 Å². The molecule has 0 aromatic rings. The van der Waals surface area contributed by atoms with Gasteiger partial charge in [0.2, 0.25) is 0 Å². The lowest BCUT2D eigenvalue weighted by Gasteiger charge is -1.60. The van der Waals surface area contributed by atoms with Crippen LogP contribution in [0.15, 0.2) is 0 Å². The molecule has 0 aromatic heterocycles. The van der Waals surface area contributed by atoms with Crippen molar-refractivity contribution in [2.75, 3.05) is 0 Å². The second-order valence-corrected chi connectivity index (χ2v) is 1.97. The van der Waals surface area contributed by atoms with Crippen LogP contribution in [0.2, 0.25) is 0 Å². The van der Waals surface area contributed by atoms with Crippen LogP contribution >= 0.6 is 12.2 Å². The zero-order valence-corrected chi connectivity index (χ0v) is 5.74. The molecule has 0 saturated heterocycles. The minimum absolute atomic E-state index is 0.824. The maximum absolute atomic E-state index is 7.32. The Labute approximate surface area is 55.3 Å². The van der Waals surface area contributed by atoms with Crippen molar-refractivity contribution in [1.82, 2.24) is 0 Å². The van der Waals surface area contributed by atoms with E-state index >= 15 is 0 Å². The molecule has 0 unspecified atom stereocenters. The first-order valence-corrected chi connectivity index (χ1v) is 3.08. The molecule has 0 heterocycles. The molecule has 8 heavy (non-hydrogen) atoms. The number of hydrogen-bond acceptors (Lipinski definition) is 2. The fourth-order valence-electron chi connectivity index (χ4n) is 0.232. The molecule has 0 bridgehead atoms. The third kappa shape index (κ3) is 5.58. The first kappa shape index (κ1) is 7.58. The van der Waals surface area contributed by atoms with Gasteiger partial charge in [0.15, 0.2) is 0 Å². The van der Waals surface area contributed by atoms with E-state index in [0.29, 0.717) is 0 Å². The van der Waals surface area contributed by atoms with Gasteiger partial charge in [0.1, 0.15) is 0 Å². The van der Waals surface area contributed by atoms with Gasteiger partial charge in [-0.05, 0) is 24.1 Å². The molecule has 0 aliphatic heterocycles. The molecular weight excluding hydrogens is 118 g/mol. The standard InChI is InChI=1S/C4H6S.C2H3N/c5-3-4-1-2-4;1-2-3/h3-4H,1-2H2;1H3. The molecule has 0 N–H and O–H groups in total. The van der Waals surface area contributed by atoms with Crippen molar-refractivity contribution in [3.63, 3.8) is 0 Å². The highest BCUT2D eigenvalue weighted by molar-refractivity contribution is 7.79. The highest BCUT2D eigenvalue weighted by Crippen LogP contribution is 2.25. The summed E-state index contributed by atoms with van der Waals surface area (Å²) in [6.07, 6.45) is 2.70. The minimum atomic E-state index is 0.824. The van der Waals surface area contributed by atoms with E-state index < -0.39 is 0 Å². The van der Waals surface area contributed by atoms with Crippen LogP contribution in [0.3, 0.4) is 0 Å². The average molecular weight is 127 g/mol. The third-order valence-electron chi connectivity index (χ3n) is 0.814. The first-order chi connectivity index (χ1) is 3.85. The predicted molar refractivity (Wildman–Crippen MR) is 37.7 cm³/mol. The summed E-state index contributed by atoms with van der Waals surface area (Å²) in [6, 6.07) is 1.75. The van der Waals surface area contributed by atoms with Gasteiger partial charge in [0.25, 0.3) is 0 Å². The average Bonchev–Trinajstić information content (AvgIpc) is 2.48. The van der Waals surface area contributed by atoms with E-state index in [2.05, 4.69) is 12.2 Å². The third-order valence-corrected chi connectivity index (χ3v) is 1.20. The molecule has 0 aromatic carbocycles. The van der Waals surface area contributed by atoms with Crippen molar-refractivity contribution in [3.8, 4) is 6.07 Å². The van der Waals surface area contributed by atoms with E-state index in [1.165, 1.54) is 19.8 Å². The number of thiocarbonyl (C=S) groups is 1. The van der Waals surface area contributed by atoms with Gasteiger partial charge in [-0.2, -0.15) is 5.26 Å². The van der Waals surface area contributed by atoms with Crippen LogP contribution in [0.25, 0.3) is 0 Å². The number of nitrogens with zero attached hydrogens (tertiary/aromatic N) is 1. The quantitative estimate of drug-likeness (QED) is 0.502. The number of nitriles is 1. The SMILES string of the molecule is CC#N.S=CC1CC1. The summed E-state index contributed by atoms with van der Waals surface area (Å²) in [5.74, 6) is 0.824. The monoisotopic (exact) mass is 127 g/mol. The Morgan fingerprint density at radius 1 is 1.75 bits per heavy atom. The van der Waals surface area contributed by atoms with Crippen molar-refractivity contribution in [2.24, 2.45) is 5.92 Å². The van der Waals surface area contributed by atoms with E-state index in [9.17, 15) is 0 Å². The van der Waals surface area contributed by atoms with Crippen LogP contribution in [-0.4, -0.2) is 5.37 Å². The van der Waals surface area contributed by atoms with Crippen molar-refractivity contribution < 1.29 is 0 Å². The van der Waals surface area contributed by atoms with Gasteiger partial charge in [-0.3, -0.25) is 0 Å². The van der Waals surface area contributed by atoms with Crippen LogP contribution in [0.5, 0.6) is 0 Å². The molecule has 1 aliphatic rings.